The zero-order valence-corrected chi connectivity index (χ0v) is 17.4. The van der Waals surface area contributed by atoms with Crippen molar-refractivity contribution in [2.24, 2.45) is 11.7 Å². The van der Waals surface area contributed by atoms with Gasteiger partial charge in [0.05, 0.1) is 11.6 Å². The molecule has 9 heteroatoms. The molecule has 2 amide bonds. The maximum absolute atomic E-state index is 11.4. The number of carbonyl (C=O) groups excluding carboxylic acids is 2. The van der Waals surface area contributed by atoms with Crippen LogP contribution in [0.25, 0.3) is 0 Å². The smallest absolute Gasteiger partial charge is 0.406 e. The summed E-state index contributed by atoms with van der Waals surface area (Å²) in [5, 5.41) is 15.4. The average Bonchev–Trinajstić information content (AvgIpc) is 2.65. The van der Waals surface area contributed by atoms with Crippen LogP contribution < -0.4 is 21.1 Å². The Bertz CT molecular complexity index is 629. The minimum Gasteiger partial charge on any atom is -0.490 e. The first-order valence-electron chi connectivity index (χ1n) is 8.65. The molecule has 0 bridgehead atoms. The normalized spacial score (nSPS) is 14.0. The van der Waals surface area contributed by atoms with E-state index >= 15 is 0 Å². The first kappa shape index (κ1) is 23.2. The number of nitrogens with one attached hydrogen (secondary N) is 2. The summed E-state index contributed by atoms with van der Waals surface area (Å²) < 4.78 is 10.9. The van der Waals surface area contributed by atoms with Gasteiger partial charge in [-0.1, -0.05) is 13.0 Å². The Kier molecular flexibility index (Phi) is 10.1. The Morgan fingerprint density at radius 3 is 2.67 bits per heavy atom. The van der Waals surface area contributed by atoms with Crippen LogP contribution in [0.5, 0.6) is 5.75 Å². The lowest BCUT2D eigenvalue weighted by molar-refractivity contribution is -0.121. The van der Waals surface area contributed by atoms with Crippen LogP contribution in [-0.2, 0) is 16.0 Å². The van der Waals surface area contributed by atoms with Gasteiger partial charge in [0.15, 0.2) is 0 Å². The fraction of sp³-hybridized carbons (Fsp3) is 0.556. The molecule has 0 radical (unpaired) electrons. The van der Waals surface area contributed by atoms with Crippen LogP contribution in [0.1, 0.15) is 18.9 Å². The van der Waals surface area contributed by atoms with Gasteiger partial charge >= 0.3 is 6.09 Å². The monoisotopic (exact) mass is 445 g/mol. The molecule has 8 nitrogen and oxygen atoms in total. The van der Waals surface area contributed by atoms with Crippen molar-refractivity contribution in [1.82, 2.24) is 10.6 Å². The van der Waals surface area contributed by atoms with Gasteiger partial charge in [0.25, 0.3) is 0 Å². The molecule has 1 aromatic carbocycles. The molecule has 0 aliphatic heterocycles. The Labute approximate surface area is 167 Å². The van der Waals surface area contributed by atoms with E-state index in [1.807, 2.05) is 19.1 Å². The summed E-state index contributed by atoms with van der Waals surface area (Å²) in [6.07, 6.45) is -0.490. The van der Waals surface area contributed by atoms with Gasteiger partial charge < -0.3 is 30.9 Å². The quantitative estimate of drug-likeness (QED) is 0.428. The number of hydrogen-bond acceptors (Lipinski definition) is 6. The number of nitrogens with two attached hydrogens (primary N) is 1. The van der Waals surface area contributed by atoms with Crippen LogP contribution in [0, 0.1) is 5.92 Å². The number of halogens is 1. The number of carbonyl (C=O) groups is 2. The van der Waals surface area contributed by atoms with Crippen molar-refractivity contribution in [3.8, 4) is 5.75 Å². The largest absolute Gasteiger partial charge is 0.490 e. The van der Waals surface area contributed by atoms with Gasteiger partial charge in [-0.15, -0.1) is 0 Å². The molecule has 0 saturated heterocycles. The molecular weight excluding hydrogens is 418 g/mol. The first-order valence-corrected chi connectivity index (χ1v) is 9.45. The molecular formula is C18H28BrN3O5. The molecule has 0 aliphatic carbocycles. The third-order valence-electron chi connectivity index (χ3n) is 4.16. The second-order valence-electron chi connectivity index (χ2n) is 6.24. The van der Waals surface area contributed by atoms with Crippen molar-refractivity contribution < 1.29 is 24.2 Å². The third-order valence-corrected chi connectivity index (χ3v) is 4.78. The topological polar surface area (TPSA) is 123 Å². The van der Waals surface area contributed by atoms with E-state index in [4.69, 9.17) is 10.5 Å². The summed E-state index contributed by atoms with van der Waals surface area (Å²) in [4.78, 5) is 22.5. The van der Waals surface area contributed by atoms with Crippen molar-refractivity contribution in [3.05, 3.63) is 28.2 Å². The van der Waals surface area contributed by atoms with E-state index < -0.39 is 18.2 Å². The Balaban J connectivity index is 2.51. The van der Waals surface area contributed by atoms with Crippen molar-refractivity contribution in [3.63, 3.8) is 0 Å². The highest BCUT2D eigenvalue weighted by atomic mass is 79.9. The second kappa shape index (κ2) is 11.8. The molecule has 152 valence electrons. The lowest BCUT2D eigenvalue weighted by Crippen LogP contribution is -2.44. The average molecular weight is 446 g/mol. The van der Waals surface area contributed by atoms with Gasteiger partial charge in [0, 0.05) is 26.1 Å². The summed E-state index contributed by atoms with van der Waals surface area (Å²) in [6, 6.07) is 4.96. The SMILES string of the molecule is CNC(=O)CC(C)C(N)C(O)COc1ccc(CCNC(=O)OC)cc1Br. The molecule has 1 rings (SSSR count). The van der Waals surface area contributed by atoms with Crippen molar-refractivity contribution in [2.75, 3.05) is 27.3 Å². The molecule has 0 spiro atoms. The standard InChI is InChI=1S/C18H28BrN3O5/c1-11(8-16(24)21-2)17(20)14(23)10-27-15-5-4-12(9-13(15)19)6-7-22-18(25)26-3/h4-5,9,11,14,17,23H,6-8,10,20H2,1-3H3,(H,21,24)(H,22,25). The Morgan fingerprint density at radius 1 is 1.37 bits per heavy atom. The van der Waals surface area contributed by atoms with Gasteiger partial charge in [-0.2, -0.15) is 0 Å². The number of ether oxygens (including phenoxy) is 2. The van der Waals surface area contributed by atoms with E-state index in [1.165, 1.54) is 7.11 Å². The van der Waals surface area contributed by atoms with Crippen molar-refractivity contribution in [1.29, 1.82) is 0 Å². The zero-order chi connectivity index (χ0) is 20.4. The minimum absolute atomic E-state index is 0.0150. The summed E-state index contributed by atoms with van der Waals surface area (Å²) in [6.45, 7) is 2.29. The van der Waals surface area contributed by atoms with E-state index in [-0.39, 0.29) is 24.9 Å². The van der Waals surface area contributed by atoms with Crippen LogP contribution in [0.2, 0.25) is 0 Å². The fourth-order valence-electron chi connectivity index (χ4n) is 2.39. The van der Waals surface area contributed by atoms with Gasteiger partial charge in [0.1, 0.15) is 18.5 Å². The summed E-state index contributed by atoms with van der Waals surface area (Å²) in [5.74, 6) is 0.271. The number of benzene rings is 1. The minimum atomic E-state index is -0.902. The number of aliphatic hydroxyl groups is 1. The molecule has 0 aromatic heterocycles. The fourth-order valence-corrected chi connectivity index (χ4v) is 2.93. The predicted molar refractivity (Wildman–Crippen MR) is 106 cm³/mol. The molecule has 27 heavy (non-hydrogen) atoms. The van der Waals surface area contributed by atoms with E-state index in [2.05, 4.69) is 31.3 Å². The zero-order valence-electron chi connectivity index (χ0n) is 15.8. The van der Waals surface area contributed by atoms with Crippen LogP contribution in [0.4, 0.5) is 4.79 Å². The molecule has 0 aliphatic rings. The highest BCUT2D eigenvalue weighted by Crippen LogP contribution is 2.26. The summed E-state index contributed by atoms with van der Waals surface area (Å²) in [5.41, 5.74) is 7.02. The maximum Gasteiger partial charge on any atom is 0.406 e. The molecule has 0 fully saturated rings. The number of aliphatic hydroxyl groups excluding tert-OH is 1. The van der Waals surface area contributed by atoms with Crippen LogP contribution in [0.3, 0.4) is 0 Å². The van der Waals surface area contributed by atoms with Gasteiger partial charge in [0.2, 0.25) is 5.91 Å². The molecule has 5 N–H and O–H groups in total. The number of rotatable bonds is 10. The number of amides is 2. The van der Waals surface area contributed by atoms with Gasteiger partial charge in [-0.3, -0.25) is 4.79 Å². The molecule has 1 aromatic rings. The van der Waals surface area contributed by atoms with Crippen molar-refractivity contribution >= 4 is 27.9 Å². The van der Waals surface area contributed by atoms with Crippen LogP contribution >= 0.6 is 15.9 Å². The lowest BCUT2D eigenvalue weighted by atomic mass is 9.94. The second-order valence-corrected chi connectivity index (χ2v) is 7.10. The van der Waals surface area contributed by atoms with E-state index in [0.717, 1.165) is 10.0 Å². The third kappa shape index (κ3) is 8.15. The van der Waals surface area contributed by atoms with E-state index in [9.17, 15) is 14.7 Å². The lowest BCUT2D eigenvalue weighted by Gasteiger charge is -2.24. The predicted octanol–water partition coefficient (Wildman–Crippen LogP) is 1.19. The van der Waals surface area contributed by atoms with E-state index in [0.29, 0.717) is 18.7 Å². The number of hydrogen-bond donors (Lipinski definition) is 4. The summed E-state index contributed by atoms with van der Waals surface area (Å²) >= 11 is 3.44. The van der Waals surface area contributed by atoms with Crippen LogP contribution in [0.15, 0.2) is 22.7 Å². The molecule has 3 atom stereocenters. The number of methoxy groups -OCH3 is 1. The van der Waals surface area contributed by atoms with E-state index in [1.54, 1.807) is 13.1 Å². The highest BCUT2D eigenvalue weighted by molar-refractivity contribution is 9.10. The highest BCUT2D eigenvalue weighted by Gasteiger charge is 2.24. The molecule has 3 unspecified atom stereocenters. The van der Waals surface area contributed by atoms with Crippen LogP contribution in [-0.4, -0.2) is 56.6 Å². The molecule has 0 saturated carbocycles. The van der Waals surface area contributed by atoms with Crippen molar-refractivity contribution in [2.45, 2.75) is 31.9 Å². The van der Waals surface area contributed by atoms with Gasteiger partial charge in [-0.25, -0.2) is 4.79 Å². The Morgan fingerprint density at radius 2 is 2.07 bits per heavy atom. The molecule has 0 heterocycles. The maximum atomic E-state index is 11.4. The van der Waals surface area contributed by atoms with Gasteiger partial charge in [-0.05, 0) is 46.0 Å². The first-order chi connectivity index (χ1) is 12.8. The summed E-state index contributed by atoms with van der Waals surface area (Å²) in [7, 11) is 2.88. The Hall–Kier alpha value is -1.84. The number of alkyl carbamates (subject to hydrolysis) is 1.